The van der Waals surface area contributed by atoms with Crippen LogP contribution in [0.2, 0.25) is 0 Å². The number of anilines is 1. The third kappa shape index (κ3) is 5.02. The minimum absolute atomic E-state index is 0.0343. The van der Waals surface area contributed by atoms with Crippen LogP contribution < -0.4 is 9.64 Å². The lowest BCUT2D eigenvalue weighted by Gasteiger charge is -2.31. The maximum atomic E-state index is 13.4. The number of hydrogen-bond acceptors (Lipinski definition) is 5. The number of amides is 1. The summed E-state index contributed by atoms with van der Waals surface area (Å²) >= 11 is 0. The fraction of sp³-hybridized carbons (Fsp3) is 0.429. The molecule has 1 aliphatic rings. The molecule has 0 aliphatic carbocycles. The standard InChI is InChI=1S/C21H24F3N3O3/c1-2-27(19-11-25-9-7-18(19)21(22,23)24)16-8-10-26(12-16)20(29)14-30-17-5-3-15(13-28)4-6-17/h3-7,9,11,16,28H,2,8,10,12-14H2,1H3. The van der Waals surface area contributed by atoms with E-state index in [1.54, 1.807) is 41.0 Å². The molecule has 0 spiro atoms. The van der Waals surface area contributed by atoms with Gasteiger partial charge in [-0.05, 0) is 37.1 Å². The fourth-order valence-corrected chi connectivity index (χ4v) is 3.63. The summed E-state index contributed by atoms with van der Waals surface area (Å²) in [5.41, 5.74) is 0.0511. The Morgan fingerprint density at radius 3 is 2.67 bits per heavy atom. The van der Waals surface area contributed by atoms with Crippen molar-refractivity contribution < 1.29 is 27.8 Å². The van der Waals surface area contributed by atoms with Crippen molar-refractivity contribution in [1.82, 2.24) is 9.88 Å². The minimum Gasteiger partial charge on any atom is -0.484 e. The summed E-state index contributed by atoms with van der Waals surface area (Å²) in [7, 11) is 0. The number of carbonyl (C=O) groups excluding carboxylic acids is 1. The van der Waals surface area contributed by atoms with Gasteiger partial charge >= 0.3 is 6.18 Å². The second-order valence-electron chi connectivity index (χ2n) is 7.05. The molecule has 162 valence electrons. The Balaban J connectivity index is 1.63. The largest absolute Gasteiger partial charge is 0.484 e. The number of likely N-dealkylation sites (N-methyl/N-ethyl adjacent to an activating group) is 1. The van der Waals surface area contributed by atoms with Gasteiger partial charge in [-0.15, -0.1) is 0 Å². The van der Waals surface area contributed by atoms with Gasteiger partial charge in [0.1, 0.15) is 5.75 Å². The van der Waals surface area contributed by atoms with E-state index in [1.807, 2.05) is 0 Å². The highest BCUT2D eigenvalue weighted by molar-refractivity contribution is 5.78. The van der Waals surface area contributed by atoms with Gasteiger partial charge in [-0.25, -0.2) is 0 Å². The molecule has 0 radical (unpaired) electrons. The number of rotatable bonds is 7. The molecule has 30 heavy (non-hydrogen) atoms. The van der Waals surface area contributed by atoms with Crippen LogP contribution in [0.4, 0.5) is 18.9 Å². The highest BCUT2D eigenvalue weighted by Crippen LogP contribution is 2.37. The first-order valence-corrected chi connectivity index (χ1v) is 9.71. The van der Waals surface area contributed by atoms with Crippen LogP contribution in [-0.2, 0) is 17.6 Å². The molecule has 2 aromatic rings. The molecule has 1 unspecified atom stereocenters. The van der Waals surface area contributed by atoms with Crippen molar-refractivity contribution >= 4 is 11.6 Å². The van der Waals surface area contributed by atoms with Gasteiger partial charge < -0.3 is 19.6 Å². The number of alkyl halides is 3. The molecule has 6 nitrogen and oxygen atoms in total. The Morgan fingerprint density at radius 1 is 1.30 bits per heavy atom. The second kappa shape index (κ2) is 9.34. The topological polar surface area (TPSA) is 65.9 Å². The summed E-state index contributed by atoms with van der Waals surface area (Å²) in [6.45, 7) is 2.71. The lowest BCUT2D eigenvalue weighted by atomic mass is 10.1. The Hall–Kier alpha value is -2.81. The van der Waals surface area contributed by atoms with Gasteiger partial charge in [0.2, 0.25) is 0 Å². The highest BCUT2D eigenvalue weighted by Gasteiger charge is 2.37. The number of likely N-dealkylation sites (tertiary alicyclic amines) is 1. The van der Waals surface area contributed by atoms with Crippen LogP contribution in [0.5, 0.6) is 5.75 Å². The SMILES string of the molecule is CCN(c1cnccc1C(F)(F)F)C1CCN(C(=O)COc2ccc(CO)cc2)C1. The van der Waals surface area contributed by atoms with Crippen molar-refractivity contribution in [3.05, 3.63) is 53.9 Å². The average molecular weight is 423 g/mol. The summed E-state index contributed by atoms with van der Waals surface area (Å²) < 4.78 is 45.7. The highest BCUT2D eigenvalue weighted by atomic mass is 19.4. The van der Waals surface area contributed by atoms with Crippen molar-refractivity contribution in [1.29, 1.82) is 0 Å². The van der Waals surface area contributed by atoms with Gasteiger partial charge in [0.15, 0.2) is 6.61 Å². The van der Waals surface area contributed by atoms with E-state index < -0.39 is 11.7 Å². The molecule has 3 rings (SSSR count). The van der Waals surface area contributed by atoms with E-state index >= 15 is 0 Å². The first-order chi connectivity index (χ1) is 14.3. The number of nitrogens with zero attached hydrogens (tertiary/aromatic N) is 3. The summed E-state index contributed by atoms with van der Waals surface area (Å²) in [6.07, 6.45) is -1.54. The molecule has 0 saturated carbocycles. The zero-order valence-corrected chi connectivity index (χ0v) is 16.6. The zero-order valence-electron chi connectivity index (χ0n) is 16.6. The van der Waals surface area contributed by atoms with Crippen molar-refractivity contribution in [2.24, 2.45) is 0 Å². The van der Waals surface area contributed by atoms with E-state index in [1.165, 1.54) is 6.20 Å². The number of carbonyl (C=O) groups is 1. The molecule has 1 N–H and O–H groups in total. The monoisotopic (exact) mass is 423 g/mol. The predicted molar refractivity (Wildman–Crippen MR) is 105 cm³/mol. The number of aliphatic hydroxyl groups is 1. The summed E-state index contributed by atoms with van der Waals surface area (Å²) in [4.78, 5) is 19.7. The van der Waals surface area contributed by atoms with E-state index in [2.05, 4.69) is 4.98 Å². The molecule has 2 heterocycles. The predicted octanol–water partition coefficient (Wildman–Crippen LogP) is 3.10. The molecular weight excluding hydrogens is 399 g/mol. The number of aliphatic hydroxyl groups excluding tert-OH is 1. The number of aromatic nitrogens is 1. The summed E-state index contributed by atoms with van der Waals surface area (Å²) in [6, 6.07) is 7.50. The van der Waals surface area contributed by atoms with Gasteiger partial charge in [-0.3, -0.25) is 9.78 Å². The fourth-order valence-electron chi connectivity index (χ4n) is 3.63. The lowest BCUT2D eigenvalue weighted by Crippen LogP contribution is -2.41. The number of ether oxygens (including phenoxy) is 1. The minimum atomic E-state index is -4.47. The van der Waals surface area contributed by atoms with E-state index in [-0.39, 0.29) is 30.9 Å². The quantitative estimate of drug-likeness (QED) is 0.742. The molecular formula is C21H24F3N3O3. The number of hydrogen-bond donors (Lipinski definition) is 1. The van der Waals surface area contributed by atoms with Crippen LogP contribution >= 0.6 is 0 Å². The Bertz CT molecular complexity index is 859. The molecule has 1 saturated heterocycles. The first kappa shape index (κ1) is 21.9. The van der Waals surface area contributed by atoms with Crippen LogP contribution in [0.3, 0.4) is 0 Å². The summed E-state index contributed by atoms with van der Waals surface area (Å²) in [5.74, 6) is 0.290. The van der Waals surface area contributed by atoms with Crippen LogP contribution in [0.1, 0.15) is 24.5 Å². The second-order valence-corrected chi connectivity index (χ2v) is 7.05. The van der Waals surface area contributed by atoms with Crippen LogP contribution in [0, 0.1) is 0 Å². The van der Waals surface area contributed by atoms with Crippen molar-refractivity contribution in [3.63, 3.8) is 0 Å². The van der Waals surface area contributed by atoms with Crippen molar-refractivity contribution in [2.45, 2.75) is 32.2 Å². The smallest absolute Gasteiger partial charge is 0.418 e. The van der Waals surface area contributed by atoms with Gasteiger partial charge in [-0.1, -0.05) is 12.1 Å². The third-order valence-corrected chi connectivity index (χ3v) is 5.18. The lowest BCUT2D eigenvalue weighted by molar-refractivity contribution is -0.137. The van der Waals surface area contributed by atoms with Crippen LogP contribution in [0.15, 0.2) is 42.7 Å². The Morgan fingerprint density at radius 2 is 2.03 bits per heavy atom. The zero-order chi connectivity index (χ0) is 21.7. The number of pyridine rings is 1. The average Bonchev–Trinajstić information content (AvgIpc) is 3.22. The molecule has 1 atom stereocenters. The van der Waals surface area contributed by atoms with Gasteiger partial charge in [-0.2, -0.15) is 13.2 Å². The van der Waals surface area contributed by atoms with E-state index in [0.717, 1.165) is 17.8 Å². The Labute approximate surface area is 172 Å². The van der Waals surface area contributed by atoms with E-state index in [9.17, 15) is 18.0 Å². The summed E-state index contributed by atoms with van der Waals surface area (Å²) in [5, 5.41) is 9.05. The molecule has 1 aliphatic heterocycles. The first-order valence-electron chi connectivity index (χ1n) is 9.71. The van der Waals surface area contributed by atoms with Crippen molar-refractivity contribution in [3.8, 4) is 5.75 Å². The molecule has 9 heteroatoms. The van der Waals surface area contributed by atoms with Gasteiger partial charge in [0.25, 0.3) is 5.91 Å². The molecule has 0 bridgehead atoms. The third-order valence-electron chi connectivity index (χ3n) is 5.18. The molecule has 1 aromatic carbocycles. The van der Waals surface area contributed by atoms with Gasteiger partial charge in [0.05, 0.1) is 24.1 Å². The Kier molecular flexibility index (Phi) is 6.81. The number of benzene rings is 1. The molecule has 1 fully saturated rings. The van der Waals surface area contributed by atoms with E-state index in [0.29, 0.717) is 31.8 Å². The molecule has 1 amide bonds. The van der Waals surface area contributed by atoms with Crippen LogP contribution in [0.25, 0.3) is 0 Å². The van der Waals surface area contributed by atoms with Crippen molar-refractivity contribution in [2.75, 3.05) is 31.1 Å². The number of halogens is 3. The van der Waals surface area contributed by atoms with E-state index in [4.69, 9.17) is 9.84 Å². The van der Waals surface area contributed by atoms with Crippen LogP contribution in [-0.4, -0.2) is 53.2 Å². The van der Waals surface area contributed by atoms with Gasteiger partial charge in [0, 0.05) is 31.9 Å². The molecule has 1 aromatic heterocycles. The normalized spacial score (nSPS) is 16.6. The maximum absolute atomic E-state index is 13.4. The maximum Gasteiger partial charge on any atom is 0.418 e.